The molecule has 0 bridgehead atoms. The lowest BCUT2D eigenvalue weighted by Gasteiger charge is -2.46. The lowest BCUT2D eigenvalue weighted by atomic mass is 9.79. The summed E-state index contributed by atoms with van der Waals surface area (Å²) in [7, 11) is 0. The van der Waals surface area contributed by atoms with E-state index in [-0.39, 0.29) is 11.8 Å². The highest BCUT2D eigenvalue weighted by Crippen LogP contribution is 2.46. The smallest absolute Gasteiger partial charge is 0.247 e. The molecule has 1 saturated heterocycles. The van der Waals surface area contributed by atoms with E-state index in [1.807, 2.05) is 48.5 Å². The van der Waals surface area contributed by atoms with Crippen LogP contribution in [0.25, 0.3) is 11.1 Å². The predicted molar refractivity (Wildman–Crippen MR) is 119 cm³/mol. The van der Waals surface area contributed by atoms with Gasteiger partial charge < -0.3 is 0 Å². The quantitative estimate of drug-likeness (QED) is 0.662. The molecular formula is C26H29N3O2. The summed E-state index contributed by atoms with van der Waals surface area (Å²) in [6.07, 6.45) is 5.93. The molecule has 2 amide bonds. The Kier molecular flexibility index (Phi) is 6.08. The zero-order valence-electron chi connectivity index (χ0n) is 18.1. The number of carbonyl (C=O) groups excluding carboxylic acids is 2. The summed E-state index contributed by atoms with van der Waals surface area (Å²) >= 11 is 0. The van der Waals surface area contributed by atoms with Gasteiger partial charge in [0.25, 0.3) is 0 Å². The monoisotopic (exact) mass is 415 g/mol. The molecule has 2 aromatic carbocycles. The maximum absolute atomic E-state index is 13.4. The molecular weight excluding hydrogens is 386 g/mol. The predicted octanol–water partition coefficient (Wildman–Crippen LogP) is 5.06. The highest BCUT2D eigenvalue weighted by Gasteiger charge is 2.51. The van der Waals surface area contributed by atoms with Crippen LogP contribution in [0.5, 0.6) is 0 Å². The van der Waals surface area contributed by atoms with E-state index in [9.17, 15) is 14.9 Å². The number of unbranched alkanes of at least 4 members (excludes halogenated alkanes) is 1. The molecule has 5 heteroatoms. The summed E-state index contributed by atoms with van der Waals surface area (Å²) in [4.78, 5) is 26.6. The molecule has 1 aliphatic heterocycles. The van der Waals surface area contributed by atoms with E-state index in [4.69, 9.17) is 0 Å². The molecule has 0 N–H and O–H groups in total. The minimum atomic E-state index is -0.466. The van der Waals surface area contributed by atoms with Crippen molar-refractivity contribution < 1.29 is 9.59 Å². The summed E-state index contributed by atoms with van der Waals surface area (Å²) < 4.78 is 0. The summed E-state index contributed by atoms with van der Waals surface area (Å²) in [6.45, 7) is 3.09. The zero-order chi connectivity index (χ0) is 21.8. The molecule has 4 rings (SSSR count). The molecule has 0 unspecified atom stereocenters. The second-order valence-corrected chi connectivity index (χ2v) is 8.75. The van der Waals surface area contributed by atoms with E-state index in [0.29, 0.717) is 25.1 Å². The normalized spacial score (nSPS) is 17.9. The highest BCUT2D eigenvalue weighted by atomic mass is 16.2. The number of nitrogens with zero attached hydrogens (tertiary/aromatic N) is 3. The van der Waals surface area contributed by atoms with Crippen LogP contribution in [0, 0.1) is 16.7 Å². The van der Waals surface area contributed by atoms with Crippen LogP contribution in [0.15, 0.2) is 48.5 Å². The molecule has 1 saturated carbocycles. The van der Waals surface area contributed by atoms with Gasteiger partial charge in [0.05, 0.1) is 23.6 Å². The number of hydrogen-bond acceptors (Lipinski definition) is 3. The standard InChI is InChI=1S/C26H29N3O2/c1-2-3-16-28-25(31)26(14-6-7-15-26)17-24(30)29(28)19-20-10-12-21(13-11-20)23-9-5-4-8-22(23)18-27/h4-5,8-13H,2-3,6-7,14-17,19H2,1H3. The van der Waals surface area contributed by atoms with Crippen LogP contribution in [0.4, 0.5) is 0 Å². The molecule has 31 heavy (non-hydrogen) atoms. The minimum Gasteiger partial charge on any atom is -0.273 e. The van der Waals surface area contributed by atoms with Gasteiger partial charge in [-0.05, 0) is 42.0 Å². The van der Waals surface area contributed by atoms with Crippen molar-refractivity contribution in [2.75, 3.05) is 6.54 Å². The number of hydrazine groups is 1. The van der Waals surface area contributed by atoms with Crippen LogP contribution in [0.1, 0.15) is 63.0 Å². The maximum Gasteiger partial charge on any atom is 0.247 e. The molecule has 2 aromatic rings. The average Bonchev–Trinajstić information content (AvgIpc) is 3.27. The van der Waals surface area contributed by atoms with Crippen LogP contribution in [0.2, 0.25) is 0 Å². The third-order valence-electron chi connectivity index (χ3n) is 6.69. The number of benzene rings is 2. The van der Waals surface area contributed by atoms with E-state index >= 15 is 0 Å². The van der Waals surface area contributed by atoms with Gasteiger partial charge in [-0.1, -0.05) is 68.7 Å². The Balaban J connectivity index is 1.56. The van der Waals surface area contributed by atoms with Crippen molar-refractivity contribution in [2.24, 2.45) is 5.41 Å². The lowest BCUT2D eigenvalue weighted by molar-refractivity contribution is -0.185. The second-order valence-electron chi connectivity index (χ2n) is 8.75. The van der Waals surface area contributed by atoms with Gasteiger partial charge in [0.2, 0.25) is 11.8 Å². The van der Waals surface area contributed by atoms with Gasteiger partial charge in [-0.25, -0.2) is 5.01 Å². The fraction of sp³-hybridized carbons (Fsp3) is 0.423. The number of nitriles is 1. The molecule has 2 aliphatic rings. The molecule has 160 valence electrons. The van der Waals surface area contributed by atoms with Crippen LogP contribution >= 0.6 is 0 Å². The van der Waals surface area contributed by atoms with Crippen molar-refractivity contribution in [1.82, 2.24) is 10.0 Å². The number of amides is 2. The fourth-order valence-corrected chi connectivity index (χ4v) is 4.92. The Morgan fingerprint density at radius 3 is 2.39 bits per heavy atom. The number of hydrogen-bond donors (Lipinski definition) is 0. The third kappa shape index (κ3) is 4.07. The second kappa shape index (κ2) is 8.93. The van der Waals surface area contributed by atoms with E-state index < -0.39 is 5.41 Å². The van der Waals surface area contributed by atoms with Crippen LogP contribution in [-0.2, 0) is 16.1 Å². The molecule has 1 spiro atoms. The van der Waals surface area contributed by atoms with E-state index in [0.717, 1.165) is 55.2 Å². The Morgan fingerprint density at radius 2 is 1.71 bits per heavy atom. The Morgan fingerprint density at radius 1 is 1.00 bits per heavy atom. The Bertz CT molecular complexity index is 1000. The van der Waals surface area contributed by atoms with Crippen molar-refractivity contribution in [3.63, 3.8) is 0 Å². The molecule has 1 heterocycles. The summed E-state index contributed by atoms with van der Waals surface area (Å²) in [6, 6.07) is 17.7. The SMILES string of the molecule is CCCCN1C(=O)C2(CCCC2)CC(=O)N1Cc1ccc(-c2ccccc2C#N)cc1. The molecule has 2 fully saturated rings. The van der Waals surface area contributed by atoms with Gasteiger partial charge in [0.1, 0.15) is 0 Å². The average molecular weight is 416 g/mol. The van der Waals surface area contributed by atoms with Gasteiger partial charge in [0, 0.05) is 13.0 Å². The molecule has 0 radical (unpaired) electrons. The molecule has 0 aromatic heterocycles. The minimum absolute atomic E-state index is 0.0523. The van der Waals surface area contributed by atoms with E-state index in [2.05, 4.69) is 13.0 Å². The van der Waals surface area contributed by atoms with Crippen molar-refractivity contribution in [1.29, 1.82) is 5.26 Å². The van der Waals surface area contributed by atoms with Gasteiger partial charge in [-0.2, -0.15) is 5.26 Å². The van der Waals surface area contributed by atoms with Gasteiger partial charge in [0.15, 0.2) is 0 Å². The summed E-state index contributed by atoms with van der Waals surface area (Å²) in [5, 5.41) is 12.8. The Hall–Kier alpha value is -3.13. The summed E-state index contributed by atoms with van der Waals surface area (Å²) in [5.74, 6) is 0.189. The van der Waals surface area contributed by atoms with Crippen molar-refractivity contribution in [3.8, 4) is 17.2 Å². The van der Waals surface area contributed by atoms with Gasteiger partial charge in [-0.15, -0.1) is 0 Å². The van der Waals surface area contributed by atoms with Crippen LogP contribution < -0.4 is 0 Å². The topological polar surface area (TPSA) is 64.4 Å². The zero-order valence-corrected chi connectivity index (χ0v) is 18.1. The first-order chi connectivity index (χ1) is 15.1. The molecule has 1 aliphatic carbocycles. The van der Waals surface area contributed by atoms with Crippen molar-refractivity contribution in [3.05, 3.63) is 59.7 Å². The largest absolute Gasteiger partial charge is 0.273 e. The summed E-state index contributed by atoms with van der Waals surface area (Å²) in [5.41, 5.74) is 3.01. The fourth-order valence-electron chi connectivity index (χ4n) is 4.92. The number of carbonyl (C=O) groups is 2. The third-order valence-corrected chi connectivity index (χ3v) is 6.69. The van der Waals surface area contributed by atoms with Gasteiger partial charge in [-0.3, -0.25) is 14.6 Å². The lowest BCUT2D eigenvalue weighted by Crippen LogP contribution is -2.60. The number of rotatable bonds is 6. The van der Waals surface area contributed by atoms with Crippen LogP contribution in [-0.4, -0.2) is 28.4 Å². The van der Waals surface area contributed by atoms with Crippen LogP contribution in [0.3, 0.4) is 0 Å². The highest BCUT2D eigenvalue weighted by molar-refractivity contribution is 5.94. The van der Waals surface area contributed by atoms with Gasteiger partial charge >= 0.3 is 0 Å². The maximum atomic E-state index is 13.4. The molecule has 0 atom stereocenters. The molecule has 5 nitrogen and oxygen atoms in total. The van der Waals surface area contributed by atoms with E-state index in [1.54, 1.807) is 10.0 Å². The first kappa shape index (κ1) is 21.1. The Labute approximate surface area is 184 Å². The first-order valence-electron chi connectivity index (χ1n) is 11.3. The first-order valence-corrected chi connectivity index (χ1v) is 11.3. The van der Waals surface area contributed by atoms with E-state index in [1.165, 1.54) is 0 Å². The van der Waals surface area contributed by atoms with Crippen molar-refractivity contribution >= 4 is 11.8 Å². The van der Waals surface area contributed by atoms with Crippen molar-refractivity contribution in [2.45, 2.75) is 58.4 Å².